The monoisotopic (exact) mass is 256 g/mol. The summed E-state index contributed by atoms with van der Waals surface area (Å²) in [6.45, 7) is 0.547. The second-order valence-electron chi connectivity index (χ2n) is 3.87. The predicted octanol–water partition coefficient (Wildman–Crippen LogP) is 0.209. The minimum Gasteiger partial charge on any atom is -0.380 e. The van der Waals surface area contributed by atoms with E-state index in [9.17, 15) is 4.79 Å². The van der Waals surface area contributed by atoms with Crippen molar-refractivity contribution in [2.75, 3.05) is 18.6 Å². The van der Waals surface area contributed by atoms with Gasteiger partial charge in [0.15, 0.2) is 0 Å². The Hall–Kier alpha value is -1.40. The van der Waals surface area contributed by atoms with Crippen LogP contribution in [0.3, 0.4) is 0 Å². The van der Waals surface area contributed by atoms with Crippen LogP contribution in [0, 0.1) is 0 Å². The molecule has 0 unspecified atom stereocenters. The Bertz CT molecular complexity index is 411. The highest BCUT2D eigenvalue weighted by Gasteiger charge is 2.37. The van der Waals surface area contributed by atoms with E-state index >= 15 is 0 Å². The maximum absolute atomic E-state index is 11.4. The molecule has 17 heavy (non-hydrogen) atoms. The molecular weight excluding hydrogens is 244 g/mol. The smallest absolute Gasteiger partial charge is 0.240 e. The number of hydrogen-bond donors (Lipinski definition) is 1. The van der Waals surface area contributed by atoms with Crippen molar-refractivity contribution < 1.29 is 9.53 Å². The zero-order valence-electron chi connectivity index (χ0n) is 9.34. The van der Waals surface area contributed by atoms with Gasteiger partial charge in [-0.1, -0.05) is 11.6 Å². The Balaban J connectivity index is 2.23. The van der Waals surface area contributed by atoms with Crippen molar-refractivity contribution >= 4 is 23.5 Å². The topological polar surface area (TPSA) is 81.3 Å². The molecule has 6 nitrogen and oxygen atoms in total. The standard InChI is InChI=1S/C10H13ClN4O2/c1-17-7-2-8(9(12)16)15(5-7)10-13-3-6(11)4-14-10/h3-4,7-8H,2,5H2,1H3,(H2,12,16)/t7-,8-/m0/s1. The lowest BCUT2D eigenvalue weighted by Crippen LogP contribution is -2.41. The molecule has 1 amide bonds. The Morgan fingerprint density at radius 3 is 2.76 bits per heavy atom. The summed E-state index contributed by atoms with van der Waals surface area (Å²) in [5.41, 5.74) is 5.35. The van der Waals surface area contributed by atoms with E-state index in [4.69, 9.17) is 22.1 Å². The van der Waals surface area contributed by atoms with E-state index in [-0.39, 0.29) is 6.10 Å². The number of aromatic nitrogens is 2. The summed E-state index contributed by atoms with van der Waals surface area (Å²) < 4.78 is 5.24. The first kappa shape index (κ1) is 12.1. The fraction of sp³-hybridized carbons (Fsp3) is 0.500. The molecule has 0 aromatic carbocycles. The van der Waals surface area contributed by atoms with Gasteiger partial charge in [0.05, 0.1) is 23.5 Å². The van der Waals surface area contributed by atoms with Crippen molar-refractivity contribution in [3.05, 3.63) is 17.4 Å². The van der Waals surface area contributed by atoms with Crippen LogP contribution in [0.2, 0.25) is 5.02 Å². The quantitative estimate of drug-likeness (QED) is 0.836. The molecule has 0 bridgehead atoms. The third-order valence-electron chi connectivity index (χ3n) is 2.79. The third-order valence-corrected chi connectivity index (χ3v) is 2.98. The fourth-order valence-corrected chi connectivity index (χ4v) is 2.01. The number of carbonyl (C=O) groups is 1. The van der Waals surface area contributed by atoms with Crippen LogP contribution in [0.15, 0.2) is 12.4 Å². The second-order valence-corrected chi connectivity index (χ2v) is 4.30. The first-order valence-electron chi connectivity index (χ1n) is 5.18. The molecule has 1 aromatic heterocycles. The number of halogens is 1. The number of carbonyl (C=O) groups excluding carboxylic acids is 1. The number of anilines is 1. The van der Waals surface area contributed by atoms with Crippen LogP contribution in [0.1, 0.15) is 6.42 Å². The van der Waals surface area contributed by atoms with Gasteiger partial charge in [0.1, 0.15) is 6.04 Å². The molecule has 1 saturated heterocycles. The number of methoxy groups -OCH3 is 1. The number of hydrogen-bond acceptors (Lipinski definition) is 5. The molecule has 1 fully saturated rings. The second kappa shape index (κ2) is 4.85. The van der Waals surface area contributed by atoms with Gasteiger partial charge >= 0.3 is 0 Å². The lowest BCUT2D eigenvalue weighted by molar-refractivity contribution is -0.119. The molecule has 7 heteroatoms. The molecule has 2 rings (SSSR count). The highest BCUT2D eigenvalue weighted by molar-refractivity contribution is 6.30. The van der Waals surface area contributed by atoms with Gasteiger partial charge in [0.25, 0.3) is 0 Å². The van der Waals surface area contributed by atoms with Gasteiger partial charge in [-0.2, -0.15) is 0 Å². The third kappa shape index (κ3) is 2.48. The highest BCUT2D eigenvalue weighted by Crippen LogP contribution is 2.24. The van der Waals surface area contributed by atoms with E-state index < -0.39 is 11.9 Å². The summed E-state index contributed by atoms with van der Waals surface area (Å²) in [6.07, 6.45) is 3.49. The minimum absolute atomic E-state index is 0.0354. The molecule has 1 aliphatic rings. The van der Waals surface area contributed by atoms with E-state index in [1.54, 1.807) is 12.0 Å². The van der Waals surface area contributed by atoms with Crippen LogP contribution in [-0.4, -0.2) is 41.7 Å². The Labute approximate surface area is 104 Å². The fourth-order valence-electron chi connectivity index (χ4n) is 1.91. The zero-order chi connectivity index (χ0) is 12.4. The molecule has 0 aliphatic carbocycles. The number of ether oxygens (including phenoxy) is 1. The van der Waals surface area contributed by atoms with Crippen LogP contribution >= 0.6 is 11.6 Å². The first-order valence-corrected chi connectivity index (χ1v) is 5.56. The van der Waals surface area contributed by atoms with Crippen molar-refractivity contribution in [1.82, 2.24) is 9.97 Å². The lowest BCUT2D eigenvalue weighted by Gasteiger charge is -2.21. The molecule has 1 aliphatic heterocycles. The molecule has 2 heterocycles. The van der Waals surface area contributed by atoms with E-state index in [0.29, 0.717) is 23.9 Å². The molecule has 2 N–H and O–H groups in total. The normalized spacial score (nSPS) is 24.0. The molecule has 0 spiro atoms. The maximum atomic E-state index is 11.4. The summed E-state index contributed by atoms with van der Waals surface area (Å²) >= 11 is 5.71. The number of nitrogens with two attached hydrogens (primary N) is 1. The molecule has 0 radical (unpaired) electrons. The Morgan fingerprint density at radius 2 is 2.24 bits per heavy atom. The SMILES string of the molecule is CO[C@H]1C[C@@H](C(N)=O)N(c2ncc(Cl)cn2)C1. The van der Waals surface area contributed by atoms with E-state index in [1.165, 1.54) is 12.4 Å². The molecular formula is C10H13ClN4O2. The van der Waals surface area contributed by atoms with Gasteiger partial charge in [0, 0.05) is 20.1 Å². The zero-order valence-corrected chi connectivity index (χ0v) is 10.1. The molecule has 92 valence electrons. The van der Waals surface area contributed by atoms with Crippen molar-refractivity contribution in [3.63, 3.8) is 0 Å². The van der Waals surface area contributed by atoms with E-state index in [2.05, 4.69) is 9.97 Å². The number of nitrogens with zero attached hydrogens (tertiary/aromatic N) is 3. The van der Waals surface area contributed by atoms with Crippen molar-refractivity contribution in [1.29, 1.82) is 0 Å². The van der Waals surface area contributed by atoms with E-state index in [0.717, 1.165) is 0 Å². The summed E-state index contributed by atoms with van der Waals surface area (Å²) in [4.78, 5) is 21.3. The van der Waals surface area contributed by atoms with Gasteiger partial charge in [-0.3, -0.25) is 4.79 Å². The maximum Gasteiger partial charge on any atom is 0.240 e. The van der Waals surface area contributed by atoms with Crippen LogP contribution in [0.4, 0.5) is 5.95 Å². The van der Waals surface area contributed by atoms with E-state index in [1.807, 2.05) is 0 Å². The van der Waals surface area contributed by atoms with Gasteiger partial charge in [-0.05, 0) is 0 Å². The van der Waals surface area contributed by atoms with Gasteiger partial charge in [-0.25, -0.2) is 9.97 Å². The van der Waals surface area contributed by atoms with Crippen LogP contribution in [0.5, 0.6) is 0 Å². The largest absolute Gasteiger partial charge is 0.380 e. The van der Waals surface area contributed by atoms with Gasteiger partial charge < -0.3 is 15.4 Å². The lowest BCUT2D eigenvalue weighted by atomic mass is 10.2. The average Bonchev–Trinajstić information content (AvgIpc) is 2.74. The highest BCUT2D eigenvalue weighted by atomic mass is 35.5. The van der Waals surface area contributed by atoms with Crippen LogP contribution in [-0.2, 0) is 9.53 Å². The Morgan fingerprint density at radius 1 is 1.59 bits per heavy atom. The van der Waals surface area contributed by atoms with Crippen molar-refractivity contribution in [2.45, 2.75) is 18.6 Å². The average molecular weight is 257 g/mol. The number of primary amides is 1. The van der Waals surface area contributed by atoms with Crippen molar-refractivity contribution in [3.8, 4) is 0 Å². The molecule has 1 aromatic rings. The van der Waals surface area contributed by atoms with Gasteiger partial charge in [0.2, 0.25) is 11.9 Å². The summed E-state index contributed by atoms with van der Waals surface area (Å²) in [5.74, 6) is 0.0425. The molecule has 0 saturated carbocycles. The summed E-state index contributed by atoms with van der Waals surface area (Å²) in [5, 5.41) is 0.451. The van der Waals surface area contributed by atoms with Crippen molar-refractivity contribution in [2.24, 2.45) is 5.73 Å². The van der Waals surface area contributed by atoms with Gasteiger partial charge in [-0.15, -0.1) is 0 Å². The summed E-state index contributed by atoms with van der Waals surface area (Å²) in [6, 6.07) is -0.430. The summed E-state index contributed by atoms with van der Waals surface area (Å²) in [7, 11) is 1.61. The number of rotatable bonds is 3. The Kier molecular flexibility index (Phi) is 3.44. The predicted molar refractivity (Wildman–Crippen MR) is 62.8 cm³/mol. The number of amides is 1. The van der Waals surface area contributed by atoms with Crippen LogP contribution in [0.25, 0.3) is 0 Å². The van der Waals surface area contributed by atoms with Crippen LogP contribution < -0.4 is 10.6 Å². The molecule has 2 atom stereocenters. The first-order chi connectivity index (χ1) is 8.11. The minimum atomic E-state index is -0.430.